The minimum absolute atomic E-state index is 0.101. The highest BCUT2D eigenvalue weighted by molar-refractivity contribution is 6.10. The summed E-state index contributed by atoms with van der Waals surface area (Å²) in [5.74, 6) is -0.698. The molecule has 0 aliphatic heterocycles. The number of nitrogens with one attached hydrogen (secondary N) is 1. The van der Waals surface area contributed by atoms with E-state index in [0.717, 1.165) is 5.56 Å². The first-order valence-corrected chi connectivity index (χ1v) is 8.29. The van der Waals surface area contributed by atoms with E-state index in [9.17, 15) is 9.59 Å². The number of carbonyl (C=O) groups excluding carboxylic acids is 2. The SMILES string of the molecule is COc1ccc(C(=O)C(Cc2ccccc2)C(=O)NCCO)cc1OC. The monoisotopic (exact) mass is 357 g/mol. The van der Waals surface area contributed by atoms with Crippen molar-refractivity contribution in [3.05, 3.63) is 59.7 Å². The Kier molecular flexibility index (Phi) is 7.17. The van der Waals surface area contributed by atoms with Crippen molar-refractivity contribution in [2.45, 2.75) is 6.42 Å². The Balaban J connectivity index is 2.31. The number of hydrogen-bond acceptors (Lipinski definition) is 5. The fraction of sp³-hybridized carbons (Fsp3) is 0.300. The molecule has 0 aliphatic rings. The fourth-order valence-corrected chi connectivity index (χ4v) is 2.65. The number of methoxy groups -OCH3 is 2. The molecule has 0 spiro atoms. The molecular weight excluding hydrogens is 334 g/mol. The molecule has 138 valence electrons. The maximum absolute atomic E-state index is 13.0. The van der Waals surface area contributed by atoms with Crippen molar-refractivity contribution in [3.8, 4) is 11.5 Å². The van der Waals surface area contributed by atoms with Gasteiger partial charge in [0.15, 0.2) is 17.3 Å². The summed E-state index contributed by atoms with van der Waals surface area (Å²) < 4.78 is 10.4. The van der Waals surface area contributed by atoms with Gasteiger partial charge in [0.1, 0.15) is 5.92 Å². The number of rotatable bonds is 9. The van der Waals surface area contributed by atoms with E-state index in [1.807, 2.05) is 30.3 Å². The number of Topliss-reactive ketones (excluding diaryl/α,β-unsaturated/α-hetero) is 1. The summed E-state index contributed by atoms with van der Waals surface area (Å²) >= 11 is 0. The molecule has 6 nitrogen and oxygen atoms in total. The summed E-state index contributed by atoms with van der Waals surface area (Å²) in [7, 11) is 3.00. The van der Waals surface area contributed by atoms with E-state index in [1.54, 1.807) is 18.2 Å². The highest BCUT2D eigenvalue weighted by atomic mass is 16.5. The highest BCUT2D eigenvalue weighted by Gasteiger charge is 2.28. The lowest BCUT2D eigenvalue weighted by molar-refractivity contribution is -0.123. The molecule has 0 bridgehead atoms. The molecule has 26 heavy (non-hydrogen) atoms. The molecule has 2 N–H and O–H groups in total. The average Bonchev–Trinajstić information content (AvgIpc) is 2.69. The predicted octanol–water partition coefficient (Wildman–Crippen LogP) is 1.85. The van der Waals surface area contributed by atoms with Crippen LogP contribution in [0.4, 0.5) is 0 Å². The normalized spacial score (nSPS) is 11.5. The zero-order valence-corrected chi connectivity index (χ0v) is 14.9. The van der Waals surface area contributed by atoms with Crippen LogP contribution in [-0.4, -0.2) is 44.2 Å². The van der Waals surface area contributed by atoms with Gasteiger partial charge in [-0.2, -0.15) is 0 Å². The molecule has 0 aliphatic carbocycles. The quantitative estimate of drug-likeness (QED) is 0.528. The van der Waals surface area contributed by atoms with Crippen molar-refractivity contribution in [2.24, 2.45) is 5.92 Å². The minimum atomic E-state index is -0.901. The Morgan fingerprint density at radius 3 is 2.35 bits per heavy atom. The third kappa shape index (κ3) is 4.83. The molecule has 1 unspecified atom stereocenters. The third-order valence-corrected chi connectivity index (χ3v) is 3.99. The number of hydrogen-bond donors (Lipinski definition) is 2. The standard InChI is InChI=1S/C20H23NO5/c1-25-17-9-8-15(13-18(17)26-2)19(23)16(20(24)21-10-11-22)12-14-6-4-3-5-7-14/h3-9,13,16,22H,10-12H2,1-2H3,(H,21,24). The van der Waals surface area contributed by atoms with Crippen molar-refractivity contribution in [1.29, 1.82) is 0 Å². The van der Waals surface area contributed by atoms with E-state index in [4.69, 9.17) is 14.6 Å². The molecule has 0 aromatic heterocycles. The summed E-state index contributed by atoms with van der Waals surface area (Å²) in [4.78, 5) is 25.5. The van der Waals surface area contributed by atoms with E-state index in [-0.39, 0.29) is 25.4 Å². The molecule has 2 rings (SSSR count). The van der Waals surface area contributed by atoms with Crippen LogP contribution in [0.1, 0.15) is 15.9 Å². The van der Waals surface area contributed by atoms with Crippen LogP contribution >= 0.6 is 0 Å². The van der Waals surface area contributed by atoms with Gasteiger partial charge in [0, 0.05) is 12.1 Å². The highest BCUT2D eigenvalue weighted by Crippen LogP contribution is 2.29. The lowest BCUT2D eigenvalue weighted by Gasteiger charge is -2.17. The summed E-state index contributed by atoms with van der Waals surface area (Å²) in [5, 5.41) is 11.5. The topological polar surface area (TPSA) is 84.9 Å². The number of carbonyl (C=O) groups is 2. The molecule has 0 saturated carbocycles. The van der Waals surface area contributed by atoms with Crippen molar-refractivity contribution in [3.63, 3.8) is 0 Å². The molecule has 0 heterocycles. The van der Waals surface area contributed by atoms with Gasteiger partial charge in [0.25, 0.3) is 0 Å². The lowest BCUT2D eigenvalue weighted by Crippen LogP contribution is -2.38. The average molecular weight is 357 g/mol. The Hall–Kier alpha value is -2.86. The molecule has 2 aromatic rings. The van der Waals surface area contributed by atoms with Crippen LogP contribution in [-0.2, 0) is 11.2 Å². The number of ether oxygens (including phenoxy) is 2. The Morgan fingerprint density at radius 2 is 1.73 bits per heavy atom. The maximum atomic E-state index is 13.0. The molecule has 1 atom stereocenters. The molecular formula is C20H23NO5. The van der Waals surface area contributed by atoms with E-state index in [0.29, 0.717) is 17.1 Å². The fourth-order valence-electron chi connectivity index (χ4n) is 2.65. The van der Waals surface area contributed by atoms with Gasteiger partial charge in [-0.25, -0.2) is 0 Å². The smallest absolute Gasteiger partial charge is 0.231 e. The van der Waals surface area contributed by atoms with E-state index < -0.39 is 11.8 Å². The van der Waals surface area contributed by atoms with Crippen LogP contribution in [0, 0.1) is 5.92 Å². The summed E-state index contributed by atoms with van der Waals surface area (Å²) in [5.41, 5.74) is 1.24. The van der Waals surface area contributed by atoms with Crippen LogP contribution in [0.2, 0.25) is 0 Å². The predicted molar refractivity (Wildman–Crippen MR) is 97.6 cm³/mol. The summed E-state index contributed by atoms with van der Waals surface area (Å²) in [6, 6.07) is 14.2. The van der Waals surface area contributed by atoms with Gasteiger partial charge in [-0.05, 0) is 30.2 Å². The van der Waals surface area contributed by atoms with Crippen molar-refractivity contribution in [2.75, 3.05) is 27.4 Å². The van der Waals surface area contributed by atoms with Crippen LogP contribution in [0.5, 0.6) is 11.5 Å². The first-order valence-electron chi connectivity index (χ1n) is 8.29. The minimum Gasteiger partial charge on any atom is -0.493 e. The van der Waals surface area contributed by atoms with Crippen LogP contribution in [0.25, 0.3) is 0 Å². The third-order valence-electron chi connectivity index (χ3n) is 3.99. The van der Waals surface area contributed by atoms with Crippen molar-refractivity contribution < 1.29 is 24.2 Å². The lowest BCUT2D eigenvalue weighted by atomic mass is 9.90. The van der Waals surface area contributed by atoms with E-state index in [2.05, 4.69) is 5.32 Å². The van der Waals surface area contributed by atoms with Crippen molar-refractivity contribution >= 4 is 11.7 Å². The summed E-state index contributed by atoms with van der Waals surface area (Å²) in [6.07, 6.45) is 0.269. The van der Waals surface area contributed by atoms with Gasteiger partial charge in [0.05, 0.1) is 20.8 Å². The number of aliphatic hydroxyl groups excluding tert-OH is 1. The summed E-state index contributed by atoms with van der Waals surface area (Å²) in [6.45, 7) is -0.0856. The molecule has 1 amide bonds. The van der Waals surface area contributed by atoms with E-state index in [1.165, 1.54) is 14.2 Å². The van der Waals surface area contributed by atoms with Gasteiger partial charge >= 0.3 is 0 Å². The Labute approximate surface area is 152 Å². The van der Waals surface area contributed by atoms with Gasteiger partial charge in [-0.3, -0.25) is 9.59 Å². The van der Waals surface area contributed by atoms with Crippen molar-refractivity contribution in [1.82, 2.24) is 5.32 Å². The largest absolute Gasteiger partial charge is 0.493 e. The second kappa shape index (κ2) is 9.58. The number of ketones is 1. The molecule has 0 fully saturated rings. The second-order valence-corrected chi connectivity index (χ2v) is 5.69. The first-order chi connectivity index (χ1) is 12.6. The van der Waals surface area contributed by atoms with Gasteiger partial charge < -0.3 is 19.9 Å². The number of amides is 1. The molecule has 6 heteroatoms. The van der Waals surface area contributed by atoms with Crippen LogP contribution in [0.3, 0.4) is 0 Å². The zero-order valence-electron chi connectivity index (χ0n) is 14.9. The van der Waals surface area contributed by atoms with Crippen LogP contribution < -0.4 is 14.8 Å². The van der Waals surface area contributed by atoms with Gasteiger partial charge in [0.2, 0.25) is 5.91 Å². The Morgan fingerprint density at radius 1 is 1.04 bits per heavy atom. The van der Waals surface area contributed by atoms with Gasteiger partial charge in [-0.1, -0.05) is 30.3 Å². The van der Waals surface area contributed by atoms with E-state index >= 15 is 0 Å². The molecule has 0 saturated heterocycles. The van der Waals surface area contributed by atoms with Gasteiger partial charge in [-0.15, -0.1) is 0 Å². The zero-order chi connectivity index (χ0) is 18.9. The number of aliphatic hydroxyl groups is 1. The maximum Gasteiger partial charge on any atom is 0.231 e. The second-order valence-electron chi connectivity index (χ2n) is 5.69. The van der Waals surface area contributed by atoms with Crippen LogP contribution in [0.15, 0.2) is 48.5 Å². The number of benzene rings is 2. The molecule has 2 aromatic carbocycles. The first kappa shape index (κ1) is 19.5. The Bertz CT molecular complexity index is 745. The molecule has 0 radical (unpaired) electrons.